The van der Waals surface area contributed by atoms with E-state index in [9.17, 15) is 13.2 Å². The van der Waals surface area contributed by atoms with Gasteiger partial charge >= 0.3 is 0 Å². The van der Waals surface area contributed by atoms with Gasteiger partial charge in [-0.3, -0.25) is 4.79 Å². The highest BCUT2D eigenvalue weighted by Gasteiger charge is 2.30. The third-order valence-electron chi connectivity index (χ3n) is 4.11. The number of carbonyl (C=O) groups excluding carboxylic acids is 1. The Labute approximate surface area is 121 Å². The molecule has 0 N–H and O–H groups in total. The Morgan fingerprint density at radius 1 is 1.25 bits per heavy atom. The molecule has 1 atom stereocenters. The smallest absolute Gasteiger partial charge is 0.223 e. The molecule has 0 spiro atoms. The number of hydrogen-bond acceptors (Lipinski definition) is 4. The number of ether oxygens (including phenoxy) is 1. The van der Waals surface area contributed by atoms with Crippen LogP contribution in [0.4, 0.5) is 0 Å². The quantitative estimate of drug-likeness (QED) is 0.739. The van der Waals surface area contributed by atoms with E-state index in [0.29, 0.717) is 32.3 Å². The molecule has 0 bridgehead atoms. The van der Waals surface area contributed by atoms with Gasteiger partial charge in [0.2, 0.25) is 15.9 Å². The first-order valence-corrected chi connectivity index (χ1v) is 9.00. The van der Waals surface area contributed by atoms with E-state index in [1.54, 1.807) is 0 Å². The maximum absolute atomic E-state index is 12.2. The molecule has 2 fully saturated rings. The SMILES string of the molecule is CCC1CCCN1C(=O)CCS(=O)(=O)N1CCOCC1. The topological polar surface area (TPSA) is 66.9 Å². The predicted octanol–water partition coefficient (Wildman–Crippen LogP) is 0.440. The Morgan fingerprint density at radius 2 is 1.95 bits per heavy atom. The van der Waals surface area contributed by atoms with Gasteiger partial charge in [0, 0.05) is 32.1 Å². The van der Waals surface area contributed by atoms with E-state index >= 15 is 0 Å². The first kappa shape index (κ1) is 15.7. The number of amides is 1. The maximum atomic E-state index is 12.2. The van der Waals surface area contributed by atoms with Gasteiger partial charge in [0.15, 0.2) is 0 Å². The van der Waals surface area contributed by atoms with Crippen molar-refractivity contribution in [1.29, 1.82) is 0 Å². The highest BCUT2D eigenvalue weighted by atomic mass is 32.2. The van der Waals surface area contributed by atoms with Gasteiger partial charge in [-0.2, -0.15) is 4.31 Å². The van der Waals surface area contributed by atoms with Crippen LogP contribution in [0, 0.1) is 0 Å². The van der Waals surface area contributed by atoms with E-state index in [4.69, 9.17) is 4.74 Å². The molecule has 2 heterocycles. The van der Waals surface area contributed by atoms with E-state index < -0.39 is 10.0 Å². The molecule has 2 saturated heterocycles. The highest BCUT2D eigenvalue weighted by molar-refractivity contribution is 7.89. The average molecular weight is 304 g/mol. The monoisotopic (exact) mass is 304 g/mol. The fourth-order valence-corrected chi connectivity index (χ4v) is 4.30. The number of carbonyl (C=O) groups is 1. The van der Waals surface area contributed by atoms with Gasteiger partial charge in [-0.25, -0.2) is 8.42 Å². The van der Waals surface area contributed by atoms with Crippen molar-refractivity contribution in [3.05, 3.63) is 0 Å². The Morgan fingerprint density at radius 3 is 2.60 bits per heavy atom. The van der Waals surface area contributed by atoms with Crippen LogP contribution in [0.15, 0.2) is 0 Å². The molecule has 1 unspecified atom stereocenters. The summed E-state index contributed by atoms with van der Waals surface area (Å²) in [6.07, 6.45) is 3.11. The summed E-state index contributed by atoms with van der Waals surface area (Å²) in [5.41, 5.74) is 0. The maximum Gasteiger partial charge on any atom is 0.223 e. The molecule has 2 rings (SSSR count). The largest absolute Gasteiger partial charge is 0.379 e. The molecule has 0 aromatic carbocycles. The van der Waals surface area contributed by atoms with Gasteiger partial charge in [0.1, 0.15) is 0 Å². The molecule has 6 nitrogen and oxygen atoms in total. The average Bonchev–Trinajstić information content (AvgIpc) is 2.94. The lowest BCUT2D eigenvalue weighted by molar-refractivity contribution is -0.131. The van der Waals surface area contributed by atoms with Crippen LogP contribution in [0.3, 0.4) is 0 Å². The molecular weight excluding hydrogens is 280 g/mol. The van der Waals surface area contributed by atoms with Crippen molar-refractivity contribution < 1.29 is 17.9 Å². The van der Waals surface area contributed by atoms with Crippen molar-refractivity contribution >= 4 is 15.9 Å². The first-order valence-electron chi connectivity index (χ1n) is 7.39. The van der Waals surface area contributed by atoms with Crippen LogP contribution in [0.2, 0.25) is 0 Å². The molecule has 20 heavy (non-hydrogen) atoms. The summed E-state index contributed by atoms with van der Waals surface area (Å²) in [7, 11) is -3.33. The standard InChI is InChI=1S/C13H24N2O4S/c1-2-12-4-3-6-15(12)13(16)5-11-20(17,18)14-7-9-19-10-8-14/h12H,2-11H2,1H3. The number of rotatable bonds is 5. The number of likely N-dealkylation sites (tertiary alicyclic amines) is 1. The molecule has 7 heteroatoms. The van der Waals surface area contributed by atoms with Crippen LogP contribution in [0.1, 0.15) is 32.6 Å². The predicted molar refractivity (Wildman–Crippen MR) is 75.8 cm³/mol. The molecule has 2 aliphatic rings. The van der Waals surface area contributed by atoms with E-state index in [1.807, 2.05) is 4.90 Å². The number of sulfonamides is 1. The zero-order valence-corrected chi connectivity index (χ0v) is 12.9. The van der Waals surface area contributed by atoms with Gasteiger partial charge < -0.3 is 9.64 Å². The number of hydrogen-bond donors (Lipinski definition) is 0. The van der Waals surface area contributed by atoms with Crippen molar-refractivity contribution in [3.63, 3.8) is 0 Å². The lowest BCUT2D eigenvalue weighted by Gasteiger charge is -2.27. The van der Waals surface area contributed by atoms with Crippen LogP contribution in [0.5, 0.6) is 0 Å². The van der Waals surface area contributed by atoms with Crippen LogP contribution < -0.4 is 0 Å². The first-order chi connectivity index (χ1) is 9.54. The van der Waals surface area contributed by atoms with Crippen molar-refractivity contribution in [3.8, 4) is 0 Å². The van der Waals surface area contributed by atoms with E-state index in [-0.39, 0.29) is 18.1 Å². The van der Waals surface area contributed by atoms with Gasteiger partial charge in [0.25, 0.3) is 0 Å². The Bertz CT molecular complexity index is 432. The van der Waals surface area contributed by atoms with E-state index in [2.05, 4.69) is 6.92 Å². The van der Waals surface area contributed by atoms with Crippen LogP contribution in [-0.4, -0.2) is 68.2 Å². The zero-order valence-electron chi connectivity index (χ0n) is 12.1. The lowest BCUT2D eigenvalue weighted by Crippen LogP contribution is -2.43. The molecule has 116 valence electrons. The minimum atomic E-state index is -3.33. The zero-order chi connectivity index (χ0) is 14.6. The summed E-state index contributed by atoms with van der Waals surface area (Å²) in [6, 6.07) is 0.300. The molecule has 0 aromatic heterocycles. The minimum Gasteiger partial charge on any atom is -0.379 e. The second-order valence-corrected chi connectivity index (χ2v) is 7.46. The summed E-state index contributed by atoms with van der Waals surface area (Å²) >= 11 is 0. The number of nitrogens with zero attached hydrogens (tertiary/aromatic N) is 2. The third-order valence-corrected chi connectivity index (χ3v) is 5.98. The third kappa shape index (κ3) is 3.71. The summed E-state index contributed by atoms with van der Waals surface area (Å²) in [4.78, 5) is 14.0. The molecular formula is C13H24N2O4S. The second kappa shape index (κ2) is 6.87. The van der Waals surface area contributed by atoms with Crippen LogP contribution >= 0.6 is 0 Å². The summed E-state index contributed by atoms with van der Waals surface area (Å²) in [6.45, 7) is 4.53. The molecule has 2 aliphatic heterocycles. The van der Waals surface area contributed by atoms with Crippen molar-refractivity contribution in [1.82, 2.24) is 9.21 Å². The van der Waals surface area contributed by atoms with Gasteiger partial charge in [0.05, 0.1) is 19.0 Å². The van der Waals surface area contributed by atoms with Gasteiger partial charge in [-0.05, 0) is 19.3 Å². The normalized spacial score (nSPS) is 25.1. The summed E-state index contributed by atoms with van der Waals surface area (Å²) in [5.74, 6) is -0.107. The summed E-state index contributed by atoms with van der Waals surface area (Å²) in [5, 5.41) is 0. The molecule has 1 amide bonds. The highest BCUT2D eigenvalue weighted by Crippen LogP contribution is 2.21. The van der Waals surface area contributed by atoms with E-state index in [1.165, 1.54) is 4.31 Å². The van der Waals surface area contributed by atoms with Crippen molar-refractivity contribution in [2.24, 2.45) is 0 Å². The fraction of sp³-hybridized carbons (Fsp3) is 0.923. The molecule has 0 saturated carbocycles. The van der Waals surface area contributed by atoms with Crippen molar-refractivity contribution in [2.75, 3.05) is 38.6 Å². The Kier molecular flexibility index (Phi) is 5.40. The molecule has 0 radical (unpaired) electrons. The summed E-state index contributed by atoms with van der Waals surface area (Å²) < 4.78 is 30.9. The minimum absolute atomic E-state index is 0.0221. The molecule has 0 aromatic rings. The van der Waals surface area contributed by atoms with Crippen molar-refractivity contribution in [2.45, 2.75) is 38.6 Å². The van der Waals surface area contributed by atoms with E-state index in [0.717, 1.165) is 25.8 Å². The lowest BCUT2D eigenvalue weighted by atomic mass is 10.1. The van der Waals surface area contributed by atoms with Gasteiger partial charge in [-0.1, -0.05) is 6.92 Å². The molecule has 0 aliphatic carbocycles. The fourth-order valence-electron chi connectivity index (χ4n) is 2.90. The van der Waals surface area contributed by atoms with Crippen LogP contribution in [-0.2, 0) is 19.6 Å². The second-order valence-electron chi connectivity index (χ2n) is 5.37. The number of morpholine rings is 1. The van der Waals surface area contributed by atoms with Gasteiger partial charge in [-0.15, -0.1) is 0 Å². The Hall–Kier alpha value is -0.660. The Balaban J connectivity index is 1.86. The van der Waals surface area contributed by atoms with Crippen LogP contribution in [0.25, 0.3) is 0 Å².